The number of piperidine rings is 1. The maximum absolute atomic E-state index is 12.2. The number of hydrogen-bond acceptors (Lipinski definition) is 6. The lowest BCUT2D eigenvalue weighted by Crippen LogP contribution is -2.46. The van der Waals surface area contributed by atoms with Crippen LogP contribution in [0, 0.1) is 3.57 Å². The number of anilines is 1. The van der Waals surface area contributed by atoms with Gasteiger partial charge in [0, 0.05) is 32.6 Å². The number of rotatable bonds is 4. The molecule has 9 heteroatoms. The van der Waals surface area contributed by atoms with Gasteiger partial charge in [0.1, 0.15) is 17.7 Å². The van der Waals surface area contributed by atoms with E-state index in [0.29, 0.717) is 17.9 Å². The van der Waals surface area contributed by atoms with E-state index in [9.17, 15) is 9.59 Å². The number of carbonyl (C=O) groups excluding carboxylic acids is 2. The molecule has 1 aliphatic rings. The molecule has 30 heavy (non-hydrogen) atoms. The maximum atomic E-state index is 12.2. The van der Waals surface area contributed by atoms with Crippen molar-refractivity contribution in [3.05, 3.63) is 27.5 Å². The number of amides is 2. The Balaban J connectivity index is 1.91. The molecule has 1 aromatic carbocycles. The lowest BCUT2D eigenvalue weighted by molar-refractivity contribution is 0.0825. The zero-order chi connectivity index (χ0) is 22.1. The molecule has 1 aliphatic heterocycles. The van der Waals surface area contributed by atoms with Gasteiger partial charge in [0.15, 0.2) is 0 Å². The number of nitrogens with zero attached hydrogens (tertiary/aromatic N) is 2. The van der Waals surface area contributed by atoms with Gasteiger partial charge in [-0.05, 0) is 68.3 Å². The van der Waals surface area contributed by atoms with Crippen LogP contribution in [0.5, 0.6) is 5.75 Å². The minimum atomic E-state index is -0.542. The van der Waals surface area contributed by atoms with Crippen LogP contribution in [0.4, 0.5) is 10.6 Å². The van der Waals surface area contributed by atoms with Gasteiger partial charge < -0.3 is 25.4 Å². The summed E-state index contributed by atoms with van der Waals surface area (Å²) in [7, 11) is 1.51. The van der Waals surface area contributed by atoms with Crippen molar-refractivity contribution in [2.75, 3.05) is 25.1 Å². The van der Waals surface area contributed by atoms with E-state index in [2.05, 4.69) is 37.8 Å². The van der Waals surface area contributed by atoms with E-state index in [0.717, 1.165) is 39.5 Å². The summed E-state index contributed by atoms with van der Waals surface area (Å²) in [6.07, 6.45) is 2.79. The highest BCUT2D eigenvalue weighted by Gasteiger charge is 2.27. The Hall–Kier alpha value is -2.30. The average Bonchev–Trinajstić information content (AvgIpc) is 2.66. The highest BCUT2D eigenvalue weighted by molar-refractivity contribution is 14.1. The third-order valence-corrected chi connectivity index (χ3v) is 5.69. The van der Waals surface area contributed by atoms with E-state index >= 15 is 0 Å². The Bertz CT molecular complexity index is 974. The fourth-order valence-electron chi connectivity index (χ4n) is 3.55. The van der Waals surface area contributed by atoms with E-state index < -0.39 is 12.0 Å². The number of alkyl carbamates (subject to hydrolysis) is 1. The first kappa shape index (κ1) is 22.4. The molecule has 2 aromatic rings. The summed E-state index contributed by atoms with van der Waals surface area (Å²) >= 11 is 2.19. The number of ether oxygens (including phenoxy) is 2. The Morgan fingerprint density at radius 2 is 2.03 bits per heavy atom. The third-order valence-electron chi connectivity index (χ3n) is 4.83. The monoisotopic (exact) mass is 526 g/mol. The standard InChI is InChI=1S/C21H27IN4O4/c1-21(2,3)25-20(28)30-12-6-5-7-26(11-12)19-14-9-17(29-4)15(18(23)27)8-13(14)16(22)10-24-19/h8-10,12H,5-7,11H2,1-4H3,(H2,23,27)(H,25,28)/t12-/m0/s1. The Morgan fingerprint density at radius 1 is 1.30 bits per heavy atom. The normalized spacial score (nSPS) is 17.0. The molecule has 1 aromatic heterocycles. The highest BCUT2D eigenvalue weighted by Crippen LogP contribution is 2.35. The molecule has 0 saturated carbocycles. The number of carbonyl (C=O) groups is 2. The average molecular weight is 526 g/mol. The van der Waals surface area contributed by atoms with E-state index in [4.69, 9.17) is 15.2 Å². The van der Waals surface area contributed by atoms with Crippen LogP contribution in [0.15, 0.2) is 18.3 Å². The van der Waals surface area contributed by atoms with Crippen LogP contribution in [0.3, 0.4) is 0 Å². The summed E-state index contributed by atoms with van der Waals surface area (Å²) in [6, 6.07) is 3.55. The predicted molar refractivity (Wildman–Crippen MR) is 124 cm³/mol. The summed E-state index contributed by atoms with van der Waals surface area (Å²) in [5, 5.41) is 4.58. The number of fused-ring (bicyclic) bond motifs is 1. The second kappa shape index (κ2) is 8.83. The number of pyridine rings is 1. The number of halogens is 1. The molecule has 162 valence electrons. The zero-order valence-electron chi connectivity index (χ0n) is 17.6. The molecule has 2 heterocycles. The number of methoxy groups -OCH3 is 1. The molecule has 1 atom stereocenters. The van der Waals surface area contributed by atoms with Gasteiger partial charge in [0.2, 0.25) is 0 Å². The van der Waals surface area contributed by atoms with E-state index in [1.165, 1.54) is 7.11 Å². The third kappa shape index (κ3) is 5.05. The molecule has 3 N–H and O–H groups in total. The van der Waals surface area contributed by atoms with Gasteiger partial charge in [-0.1, -0.05) is 0 Å². The fourth-order valence-corrected chi connectivity index (χ4v) is 4.13. The first-order chi connectivity index (χ1) is 14.1. The molecule has 1 saturated heterocycles. The van der Waals surface area contributed by atoms with Crippen molar-refractivity contribution in [2.24, 2.45) is 5.73 Å². The van der Waals surface area contributed by atoms with E-state index in [1.807, 2.05) is 20.8 Å². The SMILES string of the molecule is COc1cc2c(N3CCC[C@H](OC(=O)NC(C)(C)C)C3)ncc(I)c2cc1C(N)=O. The fraction of sp³-hybridized carbons (Fsp3) is 0.476. The number of nitrogens with one attached hydrogen (secondary N) is 1. The largest absolute Gasteiger partial charge is 0.496 e. The van der Waals surface area contributed by atoms with E-state index in [1.54, 1.807) is 18.3 Å². The van der Waals surface area contributed by atoms with Crippen molar-refractivity contribution in [1.29, 1.82) is 0 Å². The Kier molecular flexibility index (Phi) is 6.59. The lowest BCUT2D eigenvalue weighted by atomic mass is 10.0. The smallest absolute Gasteiger partial charge is 0.407 e. The van der Waals surface area contributed by atoms with Crippen molar-refractivity contribution in [2.45, 2.75) is 45.3 Å². The summed E-state index contributed by atoms with van der Waals surface area (Å²) in [5.41, 5.74) is 5.50. The predicted octanol–water partition coefficient (Wildman–Crippen LogP) is 3.44. The molecule has 8 nitrogen and oxygen atoms in total. The number of nitrogens with two attached hydrogens (primary N) is 1. The highest BCUT2D eigenvalue weighted by atomic mass is 127. The molecule has 2 amide bonds. The van der Waals surface area contributed by atoms with Crippen molar-refractivity contribution < 1.29 is 19.1 Å². The summed E-state index contributed by atoms with van der Waals surface area (Å²) in [5.74, 6) is 0.637. The first-order valence-electron chi connectivity index (χ1n) is 9.79. The number of hydrogen-bond donors (Lipinski definition) is 2. The van der Waals surface area contributed by atoms with Gasteiger partial charge in [-0.25, -0.2) is 9.78 Å². The second-order valence-corrected chi connectivity index (χ2v) is 9.54. The topological polar surface area (TPSA) is 107 Å². The van der Waals surface area contributed by atoms with Crippen molar-refractivity contribution in [1.82, 2.24) is 10.3 Å². The van der Waals surface area contributed by atoms with Crippen LogP contribution >= 0.6 is 22.6 Å². The summed E-state index contributed by atoms with van der Waals surface area (Å²) in [6.45, 7) is 7.08. The van der Waals surface area contributed by atoms with Gasteiger partial charge in [0.05, 0.1) is 19.2 Å². The van der Waals surface area contributed by atoms with Crippen LogP contribution in [0.2, 0.25) is 0 Å². The number of benzene rings is 1. The van der Waals surface area contributed by atoms with Gasteiger partial charge in [-0.3, -0.25) is 4.79 Å². The van der Waals surface area contributed by atoms with Crippen molar-refractivity contribution >= 4 is 51.2 Å². The van der Waals surface area contributed by atoms with Crippen LogP contribution in [-0.4, -0.2) is 48.8 Å². The van der Waals surface area contributed by atoms with Gasteiger partial charge >= 0.3 is 6.09 Å². The van der Waals surface area contributed by atoms with Gasteiger partial charge in [0.25, 0.3) is 5.91 Å². The number of primary amides is 1. The molecular weight excluding hydrogens is 499 g/mol. The minimum absolute atomic E-state index is 0.232. The lowest BCUT2D eigenvalue weighted by Gasteiger charge is -2.34. The quantitative estimate of drug-likeness (QED) is 0.592. The van der Waals surface area contributed by atoms with Gasteiger partial charge in [-0.15, -0.1) is 0 Å². The summed E-state index contributed by atoms with van der Waals surface area (Å²) < 4.78 is 11.9. The summed E-state index contributed by atoms with van der Waals surface area (Å²) in [4.78, 5) is 30.8. The first-order valence-corrected chi connectivity index (χ1v) is 10.9. The molecule has 0 radical (unpaired) electrons. The molecule has 0 aliphatic carbocycles. The van der Waals surface area contributed by atoms with Crippen LogP contribution in [0.1, 0.15) is 44.0 Å². The Morgan fingerprint density at radius 3 is 2.67 bits per heavy atom. The zero-order valence-corrected chi connectivity index (χ0v) is 19.8. The molecule has 0 unspecified atom stereocenters. The number of aromatic nitrogens is 1. The van der Waals surface area contributed by atoms with Crippen LogP contribution in [-0.2, 0) is 4.74 Å². The van der Waals surface area contributed by atoms with Crippen LogP contribution < -0.4 is 20.7 Å². The van der Waals surface area contributed by atoms with E-state index in [-0.39, 0.29) is 11.6 Å². The molecule has 0 bridgehead atoms. The van der Waals surface area contributed by atoms with Crippen molar-refractivity contribution in [3.8, 4) is 5.75 Å². The van der Waals surface area contributed by atoms with Crippen LogP contribution in [0.25, 0.3) is 10.8 Å². The Labute approximate surface area is 189 Å². The molecule has 1 fully saturated rings. The van der Waals surface area contributed by atoms with Crippen molar-refractivity contribution in [3.63, 3.8) is 0 Å². The molecular formula is C21H27IN4O4. The minimum Gasteiger partial charge on any atom is -0.496 e. The maximum Gasteiger partial charge on any atom is 0.407 e. The molecule has 3 rings (SSSR count). The second-order valence-electron chi connectivity index (χ2n) is 8.38. The molecule has 0 spiro atoms. The van der Waals surface area contributed by atoms with Gasteiger partial charge in [-0.2, -0.15) is 0 Å².